The van der Waals surface area contributed by atoms with Crippen molar-refractivity contribution < 1.29 is 4.79 Å². The maximum absolute atomic E-state index is 11.3. The Morgan fingerprint density at radius 3 is 2.53 bits per heavy atom. The second kappa shape index (κ2) is 8.51. The number of hydrogen-bond acceptors (Lipinski definition) is 4. The maximum Gasteiger partial charge on any atom is 0.234 e. The minimum atomic E-state index is -0.232. The molecule has 0 spiro atoms. The Bertz CT molecular complexity index is 262. The van der Waals surface area contributed by atoms with E-state index in [0.29, 0.717) is 0 Å². The number of nitrogens with zero attached hydrogens (tertiary/aromatic N) is 2. The van der Waals surface area contributed by atoms with Gasteiger partial charge in [-0.1, -0.05) is 6.92 Å². The molecule has 0 saturated carbocycles. The molecule has 1 unspecified atom stereocenters. The molecular weight excluding hydrogens is 240 g/mol. The van der Waals surface area contributed by atoms with Gasteiger partial charge in [-0.25, -0.2) is 0 Å². The average molecular weight is 270 g/mol. The SMILES string of the molecule is CCNC(CCN1CCC(CN(C)C)CC1)C(N)=O. The Labute approximate surface area is 117 Å². The molecule has 3 N–H and O–H groups in total. The molecule has 1 saturated heterocycles. The Kier molecular flexibility index (Phi) is 7.34. The van der Waals surface area contributed by atoms with Crippen LogP contribution in [0.4, 0.5) is 0 Å². The highest BCUT2D eigenvalue weighted by Gasteiger charge is 2.21. The Morgan fingerprint density at radius 2 is 2.05 bits per heavy atom. The number of nitrogens with two attached hydrogens (primary N) is 1. The van der Waals surface area contributed by atoms with Crippen molar-refractivity contribution in [1.82, 2.24) is 15.1 Å². The third kappa shape index (κ3) is 6.36. The van der Waals surface area contributed by atoms with Gasteiger partial charge in [0.15, 0.2) is 0 Å². The minimum absolute atomic E-state index is 0.176. The predicted octanol–water partition coefficient (Wildman–Crippen LogP) is 0.114. The molecule has 1 atom stereocenters. The summed E-state index contributed by atoms with van der Waals surface area (Å²) in [6.07, 6.45) is 3.35. The highest BCUT2D eigenvalue weighted by molar-refractivity contribution is 5.79. The zero-order valence-electron chi connectivity index (χ0n) is 12.7. The summed E-state index contributed by atoms with van der Waals surface area (Å²) in [4.78, 5) is 16.0. The van der Waals surface area contributed by atoms with Crippen LogP contribution >= 0.6 is 0 Å². The molecule has 112 valence electrons. The molecule has 0 aliphatic carbocycles. The second-order valence-electron chi connectivity index (χ2n) is 5.85. The van der Waals surface area contributed by atoms with Gasteiger partial charge in [-0.15, -0.1) is 0 Å². The summed E-state index contributed by atoms with van der Waals surface area (Å²) >= 11 is 0. The van der Waals surface area contributed by atoms with Crippen molar-refractivity contribution in [2.75, 3.05) is 46.8 Å². The van der Waals surface area contributed by atoms with Gasteiger partial charge >= 0.3 is 0 Å². The highest BCUT2D eigenvalue weighted by atomic mass is 16.1. The predicted molar refractivity (Wildman–Crippen MR) is 79.0 cm³/mol. The number of carbonyl (C=O) groups is 1. The molecule has 0 bridgehead atoms. The monoisotopic (exact) mass is 270 g/mol. The molecular formula is C14H30N4O. The van der Waals surface area contributed by atoms with Crippen LogP contribution in [0.15, 0.2) is 0 Å². The first-order valence-electron chi connectivity index (χ1n) is 7.42. The molecule has 1 fully saturated rings. The summed E-state index contributed by atoms with van der Waals surface area (Å²) < 4.78 is 0. The van der Waals surface area contributed by atoms with Gasteiger partial charge in [0, 0.05) is 13.1 Å². The number of rotatable bonds is 8. The number of likely N-dealkylation sites (N-methyl/N-ethyl adjacent to an activating group) is 1. The van der Waals surface area contributed by atoms with Gasteiger partial charge in [-0.3, -0.25) is 4.79 Å². The van der Waals surface area contributed by atoms with Crippen LogP contribution in [0.3, 0.4) is 0 Å². The lowest BCUT2D eigenvalue weighted by Crippen LogP contribution is -2.45. The molecule has 1 aliphatic rings. The standard InChI is InChI=1S/C14H30N4O/c1-4-16-13(14(15)19)7-10-18-8-5-12(6-9-18)11-17(2)3/h12-13,16H,4-11H2,1-3H3,(H2,15,19). The molecule has 0 aromatic rings. The third-order valence-corrected chi connectivity index (χ3v) is 3.86. The highest BCUT2D eigenvalue weighted by Crippen LogP contribution is 2.17. The van der Waals surface area contributed by atoms with Gasteiger partial charge in [0.25, 0.3) is 0 Å². The van der Waals surface area contributed by atoms with Gasteiger partial charge in [0.05, 0.1) is 6.04 Å². The fraction of sp³-hybridized carbons (Fsp3) is 0.929. The normalized spacial score (nSPS) is 19.8. The van der Waals surface area contributed by atoms with Gasteiger partial charge in [-0.2, -0.15) is 0 Å². The first-order chi connectivity index (χ1) is 9.02. The van der Waals surface area contributed by atoms with Crippen molar-refractivity contribution in [2.24, 2.45) is 11.7 Å². The third-order valence-electron chi connectivity index (χ3n) is 3.86. The molecule has 1 heterocycles. The van der Waals surface area contributed by atoms with E-state index in [4.69, 9.17) is 5.73 Å². The molecule has 1 rings (SSSR count). The smallest absolute Gasteiger partial charge is 0.234 e. The van der Waals surface area contributed by atoms with Crippen LogP contribution in [0, 0.1) is 5.92 Å². The van der Waals surface area contributed by atoms with E-state index in [9.17, 15) is 4.79 Å². The van der Waals surface area contributed by atoms with E-state index in [1.165, 1.54) is 19.4 Å². The van der Waals surface area contributed by atoms with E-state index in [1.807, 2.05) is 6.92 Å². The van der Waals surface area contributed by atoms with E-state index in [-0.39, 0.29) is 11.9 Å². The van der Waals surface area contributed by atoms with Crippen LogP contribution < -0.4 is 11.1 Å². The number of nitrogens with one attached hydrogen (secondary N) is 1. The van der Waals surface area contributed by atoms with E-state index >= 15 is 0 Å². The van der Waals surface area contributed by atoms with Crippen molar-refractivity contribution >= 4 is 5.91 Å². The number of piperidine rings is 1. The summed E-state index contributed by atoms with van der Waals surface area (Å²) in [5.74, 6) is 0.594. The molecule has 0 radical (unpaired) electrons. The number of likely N-dealkylation sites (tertiary alicyclic amines) is 1. The first kappa shape index (κ1) is 16.4. The minimum Gasteiger partial charge on any atom is -0.368 e. The molecule has 1 amide bonds. The summed E-state index contributed by atoms with van der Waals surface area (Å²) in [5, 5.41) is 3.15. The zero-order valence-corrected chi connectivity index (χ0v) is 12.7. The number of hydrogen-bond donors (Lipinski definition) is 2. The number of primary amides is 1. The summed E-state index contributed by atoms with van der Waals surface area (Å²) in [6.45, 7) is 7.25. The van der Waals surface area contributed by atoms with Crippen molar-refractivity contribution in [3.63, 3.8) is 0 Å². The lowest BCUT2D eigenvalue weighted by molar-refractivity contribution is -0.120. The van der Waals surface area contributed by atoms with E-state index < -0.39 is 0 Å². The van der Waals surface area contributed by atoms with Gasteiger partial charge < -0.3 is 20.9 Å². The second-order valence-corrected chi connectivity index (χ2v) is 5.85. The van der Waals surface area contributed by atoms with Crippen LogP contribution in [-0.2, 0) is 4.79 Å². The van der Waals surface area contributed by atoms with Crippen LogP contribution in [0.2, 0.25) is 0 Å². The summed E-state index contributed by atoms with van der Waals surface area (Å²) in [7, 11) is 4.28. The largest absolute Gasteiger partial charge is 0.368 e. The van der Waals surface area contributed by atoms with Crippen LogP contribution in [-0.4, -0.2) is 68.6 Å². The first-order valence-corrected chi connectivity index (χ1v) is 7.42. The molecule has 0 aromatic carbocycles. The lowest BCUT2D eigenvalue weighted by atomic mass is 9.96. The Balaban J connectivity index is 2.23. The maximum atomic E-state index is 11.3. The number of amides is 1. The molecule has 19 heavy (non-hydrogen) atoms. The Hall–Kier alpha value is -0.650. The van der Waals surface area contributed by atoms with Crippen molar-refractivity contribution in [1.29, 1.82) is 0 Å². The molecule has 5 heteroatoms. The fourth-order valence-corrected chi connectivity index (χ4v) is 2.81. The molecule has 5 nitrogen and oxygen atoms in total. The van der Waals surface area contributed by atoms with Crippen molar-refractivity contribution in [2.45, 2.75) is 32.2 Å². The molecule has 0 aromatic heterocycles. The number of carbonyl (C=O) groups excluding carboxylic acids is 1. The fourth-order valence-electron chi connectivity index (χ4n) is 2.81. The van der Waals surface area contributed by atoms with Crippen LogP contribution in [0.25, 0.3) is 0 Å². The van der Waals surface area contributed by atoms with E-state index in [1.54, 1.807) is 0 Å². The van der Waals surface area contributed by atoms with Gasteiger partial charge in [-0.05, 0) is 58.9 Å². The quantitative estimate of drug-likeness (QED) is 0.657. The van der Waals surface area contributed by atoms with Gasteiger partial charge in [0.2, 0.25) is 5.91 Å². The summed E-state index contributed by atoms with van der Waals surface area (Å²) in [6, 6.07) is -0.176. The Morgan fingerprint density at radius 1 is 1.42 bits per heavy atom. The average Bonchev–Trinajstić information content (AvgIpc) is 2.35. The van der Waals surface area contributed by atoms with E-state index in [2.05, 4.69) is 29.2 Å². The van der Waals surface area contributed by atoms with Crippen molar-refractivity contribution in [3.05, 3.63) is 0 Å². The lowest BCUT2D eigenvalue weighted by Gasteiger charge is -2.33. The van der Waals surface area contributed by atoms with Crippen LogP contribution in [0.5, 0.6) is 0 Å². The molecule has 1 aliphatic heterocycles. The topological polar surface area (TPSA) is 61.6 Å². The van der Waals surface area contributed by atoms with E-state index in [0.717, 1.165) is 38.5 Å². The summed E-state index contributed by atoms with van der Waals surface area (Å²) in [5.41, 5.74) is 5.39. The zero-order chi connectivity index (χ0) is 14.3. The van der Waals surface area contributed by atoms with Crippen LogP contribution in [0.1, 0.15) is 26.2 Å². The van der Waals surface area contributed by atoms with Gasteiger partial charge in [0.1, 0.15) is 0 Å². The van der Waals surface area contributed by atoms with Crippen molar-refractivity contribution in [3.8, 4) is 0 Å².